The molecule has 0 amide bonds. The van der Waals surface area contributed by atoms with E-state index in [1.165, 1.54) is 0 Å². The van der Waals surface area contributed by atoms with Crippen LogP contribution in [0.1, 0.15) is 0 Å². The third kappa shape index (κ3) is 1.70. The van der Waals surface area contributed by atoms with E-state index in [1.54, 1.807) is 7.11 Å². The highest BCUT2D eigenvalue weighted by Gasteiger charge is 2.03. The summed E-state index contributed by atoms with van der Waals surface area (Å²) >= 11 is 9.27. The summed E-state index contributed by atoms with van der Waals surface area (Å²) in [5, 5.41) is 2.43. The van der Waals surface area contributed by atoms with E-state index in [0.717, 1.165) is 21.1 Å². The summed E-state index contributed by atoms with van der Waals surface area (Å²) in [7, 11) is 1.64. The molecule has 72 valence electrons. The van der Waals surface area contributed by atoms with E-state index in [2.05, 4.69) is 20.9 Å². The first kappa shape index (κ1) is 9.74. The summed E-state index contributed by atoms with van der Waals surface area (Å²) in [5.74, 6) is 0.812. The van der Waals surface area contributed by atoms with Crippen LogP contribution in [-0.2, 0) is 0 Å². The van der Waals surface area contributed by atoms with Crippen molar-refractivity contribution in [2.24, 2.45) is 0 Å². The Hall–Kier alpha value is -0.800. The maximum atomic E-state index is 5.98. The molecule has 1 aromatic heterocycles. The van der Waals surface area contributed by atoms with E-state index < -0.39 is 0 Å². The molecule has 0 aliphatic rings. The van der Waals surface area contributed by atoms with Crippen LogP contribution in [0.25, 0.3) is 10.8 Å². The molecule has 0 unspecified atom stereocenters. The topological polar surface area (TPSA) is 22.1 Å². The molecule has 0 aliphatic heterocycles. The molecule has 2 aromatic rings. The van der Waals surface area contributed by atoms with Crippen molar-refractivity contribution in [3.05, 3.63) is 34.0 Å². The van der Waals surface area contributed by atoms with Gasteiger partial charge < -0.3 is 4.74 Å². The molecule has 4 heteroatoms. The molecule has 0 atom stereocenters. The molecule has 0 N–H and O–H groups in total. The average molecular weight is 273 g/mol. The summed E-state index contributed by atoms with van der Waals surface area (Å²) in [6.45, 7) is 0. The largest absolute Gasteiger partial charge is 0.497 e. The van der Waals surface area contributed by atoms with Gasteiger partial charge in [0.1, 0.15) is 15.5 Å². The Morgan fingerprint density at radius 2 is 2.14 bits per heavy atom. The van der Waals surface area contributed by atoms with Crippen LogP contribution in [0, 0.1) is 0 Å². The van der Waals surface area contributed by atoms with Crippen LogP contribution >= 0.6 is 27.5 Å². The fourth-order valence-corrected chi connectivity index (χ4v) is 2.08. The number of pyridine rings is 1. The molecule has 0 spiro atoms. The van der Waals surface area contributed by atoms with E-state index in [0.29, 0.717) is 5.15 Å². The highest BCUT2D eigenvalue weighted by molar-refractivity contribution is 9.10. The van der Waals surface area contributed by atoms with Gasteiger partial charge in [-0.15, -0.1) is 0 Å². The van der Waals surface area contributed by atoms with Crippen LogP contribution in [0.5, 0.6) is 5.75 Å². The molecule has 2 rings (SSSR count). The van der Waals surface area contributed by atoms with Gasteiger partial charge in [-0.1, -0.05) is 11.6 Å². The molecule has 2 nitrogen and oxygen atoms in total. The Kier molecular flexibility index (Phi) is 2.61. The lowest BCUT2D eigenvalue weighted by atomic mass is 10.2. The normalized spacial score (nSPS) is 10.5. The quantitative estimate of drug-likeness (QED) is 0.739. The number of fused-ring (bicyclic) bond motifs is 1. The third-order valence-corrected chi connectivity index (χ3v) is 2.65. The number of hydrogen-bond donors (Lipinski definition) is 0. The van der Waals surface area contributed by atoms with E-state index in [4.69, 9.17) is 16.3 Å². The van der Waals surface area contributed by atoms with Crippen LogP contribution in [-0.4, -0.2) is 12.1 Å². The summed E-state index contributed by atoms with van der Waals surface area (Å²) in [4.78, 5) is 4.10. The van der Waals surface area contributed by atoms with Gasteiger partial charge in [0.15, 0.2) is 0 Å². The van der Waals surface area contributed by atoms with Crippen LogP contribution in [0.15, 0.2) is 28.9 Å². The van der Waals surface area contributed by atoms with Crippen molar-refractivity contribution in [1.29, 1.82) is 0 Å². The summed E-state index contributed by atoms with van der Waals surface area (Å²) in [6, 6.07) is 7.59. The van der Waals surface area contributed by atoms with E-state index in [9.17, 15) is 0 Å². The molecule has 14 heavy (non-hydrogen) atoms. The molecule has 0 saturated carbocycles. The lowest BCUT2D eigenvalue weighted by Gasteiger charge is -2.03. The van der Waals surface area contributed by atoms with Gasteiger partial charge in [-0.05, 0) is 45.6 Å². The first-order chi connectivity index (χ1) is 6.70. The Balaban J connectivity index is 2.75. The monoisotopic (exact) mass is 271 g/mol. The summed E-state index contributed by atoms with van der Waals surface area (Å²) in [6.07, 6.45) is 0. The van der Waals surface area contributed by atoms with Gasteiger partial charge in [0.05, 0.1) is 7.11 Å². The van der Waals surface area contributed by atoms with E-state index in [-0.39, 0.29) is 0 Å². The van der Waals surface area contributed by atoms with Crippen molar-refractivity contribution in [2.45, 2.75) is 0 Å². The molecule has 0 saturated heterocycles. The summed E-state index contributed by atoms with van der Waals surface area (Å²) < 4.78 is 5.85. The molecule has 0 fully saturated rings. The van der Waals surface area contributed by atoms with Gasteiger partial charge in [-0.3, -0.25) is 0 Å². The number of halogens is 2. The van der Waals surface area contributed by atoms with Gasteiger partial charge >= 0.3 is 0 Å². The van der Waals surface area contributed by atoms with Crippen LogP contribution in [0.3, 0.4) is 0 Å². The smallest absolute Gasteiger partial charge is 0.138 e. The third-order valence-electron chi connectivity index (χ3n) is 1.96. The standard InChI is InChI=1S/C10H7BrClNO/c1-14-7-2-3-8-6(4-7)5-9(11)13-10(8)12/h2-5H,1H3. The zero-order chi connectivity index (χ0) is 10.1. The predicted molar refractivity (Wildman–Crippen MR) is 61.0 cm³/mol. The van der Waals surface area contributed by atoms with Gasteiger partial charge in [0.25, 0.3) is 0 Å². The Morgan fingerprint density at radius 3 is 2.86 bits per heavy atom. The fraction of sp³-hybridized carbons (Fsp3) is 0.100. The van der Waals surface area contributed by atoms with Crippen molar-refractivity contribution in [2.75, 3.05) is 7.11 Å². The minimum atomic E-state index is 0.497. The minimum absolute atomic E-state index is 0.497. The first-order valence-electron chi connectivity index (χ1n) is 4.00. The highest BCUT2D eigenvalue weighted by atomic mass is 79.9. The molecular weight excluding hydrogens is 265 g/mol. The van der Waals surface area contributed by atoms with Crippen molar-refractivity contribution in [3.63, 3.8) is 0 Å². The molecule has 0 bridgehead atoms. The number of ether oxygens (including phenoxy) is 1. The number of rotatable bonds is 1. The SMILES string of the molecule is COc1ccc2c(Cl)nc(Br)cc2c1. The van der Waals surface area contributed by atoms with Crippen LogP contribution in [0.4, 0.5) is 0 Å². The second-order valence-electron chi connectivity index (χ2n) is 2.82. The van der Waals surface area contributed by atoms with Crippen LogP contribution in [0.2, 0.25) is 5.15 Å². The highest BCUT2D eigenvalue weighted by Crippen LogP contribution is 2.27. The van der Waals surface area contributed by atoms with Gasteiger partial charge in [-0.25, -0.2) is 4.98 Å². The zero-order valence-corrected chi connectivity index (χ0v) is 9.76. The van der Waals surface area contributed by atoms with Crippen molar-refractivity contribution in [1.82, 2.24) is 4.98 Å². The van der Waals surface area contributed by atoms with Crippen molar-refractivity contribution < 1.29 is 4.74 Å². The Morgan fingerprint density at radius 1 is 1.36 bits per heavy atom. The maximum Gasteiger partial charge on any atom is 0.138 e. The Bertz CT molecular complexity index is 487. The predicted octanol–water partition coefficient (Wildman–Crippen LogP) is 3.66. The zero-order valence-electron chi connectivity index (χ0n) is 7.42. The summed E-state index contributed by atoms with van der Waals surface area (Å²) in [5.41, 5.74) is 0. The first-order valence-corrected chi connectivity index (χ1v) is 5.17. The van der Waals surface area contributed by atoms with Crippen molar-refractivity contribution in [3.8, 4) is 5.75 Å². The van der Waals surface area contributed by atoms with Crippen molar-refractivity contribution >= 4 is 38.3 Å². The maximum absolute atomic E-state index is 5.98. The molecule has 1 heterocycles. The second kappa shape index (κ2) is 3.75. The average Bonchev–Trinajstić information content (AvgIpc) is 2.16. The lowest BCUT2D eigenvalue weighted by molar-refractivity contribution is 0.415. The molecule has 0 radical (unpaired) electrons. The second-order valence-corrected chi connectivity index (χ2v) is 3.99. The molecular formula is C10H7BrClNO. The lowest BCUT2D eigenvalue weighted by Crippen LogP contribution is -1.85. The molecule has 1 aromatic carbocycles. The number of methoxy groups -OCH3 is 1. The minimum Gasteiger partial charge on any atom is -0.497 e. The van der Waals surface area contributed by atoms with Crippen LogP contribution < -0.4 is 4.74 Å². The number of nitrogens with zero attached hydrogens (tertiary/aromatic N) is 1. The van der Waals surface area contributed by atoms with Gasteiger partial charge in [0, 0.05) is 5.39 Å². The number of hydrogen-bond acceptors (Lipinski definition) is 2. The fourth-order valence-electron chi connectivity index (χ4n) is 1.29. The number of aromatic nitrogens is 1. The van der Waals surface area contributed by atoms with E-state index >= 15 is 0 Å². The van der Waals surface area contributed by atoms with E-state index in [1.807, 2.05) is 24.3 Å². The van der Waals surface area contributed by atoms with Gasteiger partial charge in [0.2, 0.25) is 0 Å². The Labute approximate surface area is 95.0 Å². The molecule has 0 aliphatic carbocycles. The van der Waals surface area contributed by atoms with Gasteiger partial charge in [-0.2, -0.15) is 0 Å². The number of benzene rings is 1.